The largest absolute Gasteiger partial charge is 0.494 e. The molecular formula is C35H50F2O4. The van der Waals surface area contributed by atoms with Crippen molar-refractivity contribution in [2.45, 2.75) is 117 Å². The topological polar surface area (TPSA) is 44.8 Å². The Hall–Kier alpha value is -2.63. The van der Waals surface area contributed by atoms with Gasteiger partial charge in [0.1, 0.15) is 11.5 Å². The van der Waals surface area contributed by atoms with Gasteiger partial charge in [-0.25, -0.2) is 9.18 Å². The zero-order valence-electron chi connectivity index (χ0n) is 25.2. The molecule has 4 nitrogen and oxygen atoms in total. The molecule has 2 aromatic carbocycles. The molecule has 0 heterocycles. The molecule has 0 unspecified atom stereocenters. The van der Waals surface area contributed by atoms with Gasteiger partial charge in [0.2, 0.25) is 5.82 Å². The molecule has 0 aromatic heterocycles. The first kappa shape index (κ1) is 32.9. The number of esters is 1. The normalized spacial score (nSPS) is 16.9. The van der Waals surface area contributed by atoms with E-state index in [0.717, 1.165) is 37.5 Å². The summed E-state index contributed by atoms with van der Waals surface area (Å²) < 4.78 is 45.7. The van der Waals surface area contributed by atoms with Crippen LogP contribution in [0.15, 0.2) is 36.4 Å². The number of halogens is 2. The van der Waals surface area contributed by atoms with Crippen LogP contribution in [0.1, 0.15) is 127 Å². The van der Waals surface area contributed by atoms with E-state index in [0.29, 0.717) is 19.0 Å². The molecule has 1 fully saturated rings. The third-order valence-corrected chi connectivity index (χ3v) is 8.26. The van der Waals surface area contributed by atoms with Crippen LogP contribution in [0, 0.1) is 23.5 Å². The van der Waals surface area contributed by atoms with Gasteiger partial charge in [-0.05, 0) is 67.5 Å². The van der Waals surface area contributed by atoms with Crippen LogP contribution >= 0.6 is 0 Å². The quantitative estimate of drug-likeness (QED) is 0.0954. The molecule has 1 aliphatic carbocycles. The van der Waals surface area contributed by atoms with E-state index in [1.54, 1.807) is 24.3 Å². The Kier molecular flexibility index (Phi) is 15.0. The van der Waals surface area contributed by atoms with Gasteiger partial charge in [-0.3, -0.25) is 0 Å². The van der Waals surface area contributed by atoms with Gasteiger partial charge < -0.3 is 14.2 Å². The van der Waals surface area contributed by atoms with Crippen LogP contribution in [0.3, 0.4) is 0 Å². The summed E-state index contributed by atoms with van der Waals surface area (Å²) in [7, 11) is 0. The fourth-order valence-electron chi connectivity index (χ4n) is 5.69. The molecule has 1 saturated carbocycles. The number of ether oxygens (including phenoxy) is 3. The number of carbonyl (C=O) groups excluding carboxylic acids is 1. The van der Waals surface area contributed by atoms with Crippen molar-refractivity contribution in [2.75, 3.05) is 13.2 Å². The summed E-state index contributed by atoms with van der Waals surface area (Å²) in [6.45, 7) is 5.38. The first-order valence-electron chi connectivity index (χ1n) is 16.1. The van der Waals surface area contributed by atoms with Gasteiger partial charge in [-0.15, -0.1) is 0 Å². The minimum absolute atomic E-state index is 0.191. The van der Waals surface area contributed by atoms with E-state index >= 15 is 0 Å². The van der Waals surface area contributed by atoms with Crippen molar-refractivity contribution < 1.29 is 27.8 Å². The summed E-state index contributed by atoms with van der Waals surface area (Å²) in [5.41, 5.74) is -0.468. The molecule has 2 aromatic rings. The minimum Gasteiger partial charge on any atom is -0.494 e. The second-order valence-electron chi connectivity index (χ2n) is 11.6. The van der Waals surface area contributed by atoms with Crippen molar-refractivity contribution in [3.63, 3.8) is 0 Å². The van der Waals surface area contributed by atoms with E-state index in [9.17, 15) is 13.6 Å². The molecule has 228 valence electrons. The highest BCUT2D eigenvalue weighted by atomic mass is 19.2. The molecule has 0 aliphatic heterocycles. The Morgan fingerprint density at radius 2 is 1.22 bits per heavy atom. The highest BCUT2D eigenvalue weighted by Crippen LogP contribution is 2.34. The van der Waals surface area contributed by atoms with E-state index in [1.807, 2.05) is 0 Å². The van der Waals surface area contributed by atoms with Crippen LogP contribution in [0.4, 0.5) is 8.78 Å². The molecule has 0 N–H and O–H groups in total. The smallest absolute Gasteiger partial charge is 0.346 e. The highest BCUT2D eigenvalue weighted by molar-refractivity contribution is 5.91. The zero-order valence-corrected chi connectivity index (χ0v) is 25.2. The number of carbonyl (C=O) groups is 1. The lowest BCUT2D eigenvalue weighted by Crippen LogP contribution is -2.15. The van der Waals surface area contributed by atoms with Crippen LogP contribution in [0.25, 0.3) is 0 Å². The van der Waals surface area contributed by atoms with Gasteiger partial charge in [0, 0.05) is 0 Å². The van der Waals surface area contributed by atoms with Crippen molar-refractivity contribution in [3.8, 4) is 17.2 Å². The van der Waals surface area contributed by atoms with Gasteiger partial charge in [0.25, 0.3) is 0 Å². The summed E-state index contributed by atoms with van der Waals surface area (Å²) in [5, 5.41) is 0. The summed E-state index contributed by atoms with van der Waals surface area (Å²) in [6.07, 6.45) is 19.5. The molecular weight excluding hydrogens is 522 g/mol. The fourth-order valence-corrected chi connectivity index (χ4v) is 5.69. The van der Waals surface area contributed by atoms with E-state index < -0.39 is 23.2 Å². The fraction of sp³-hybridized carbons (Fsp3) is 0.629. The molecule has 41 heavy (non-hydrogen) atoms. The van der Waals surface area contributed by atoms with Crippen LogP contribution in [-0.2, 0) is 0 Å². The minimum atomic E-state index is -1.26. The average molecular weight is 573 g/mol. The van der Waals surface area contributed by atoms with E-state index in [-0.39, 0.29) is 11.5 Å². The van der Waals surface area contributed by atoms with Crippen molar-refractivity contribution in [3.05, 3.63) is 53.6 Å². The molecule has 0 amide bonds. The van der Waals surface area contributed by atoms with Gasteiger partial charge in [0.05, 0.1) is 18.8 Å². The predicted molar refractivity (Wildman–Crippen MR) is 161 cm³/mol. The lowest BCUT2D eigenvalue weighted by atomic mass is 9.78. The van der Waals surface area contributed by atoms with Gasteiger partial charge >= 0.3 is 5.97 Å². The molecule has 0 bridgehead atoms. The molecule has 3 rings (SSSR count). The summed E-state index contributed by atoms with van der Waals surface area (Å²) in [4.78, 5) is 12.5. The predicted octanol–water partition coefficient (Wildman–Crippen LogP) is 10.5. The van der Waals surface area contributed by atoms with Crippen molar-refractivity contribution in [1.29, 1.82) is 0 Å². The second-order valence-corrected chi connectivity index (χ2v) is 11.6. The first-order valence-corrected chi connectivity index (χ1v) is 16.1. The maximum Gasteiger partial charge on any atom is 0.346 e. The third-order valence-electron chi connectivity index (χ3n) is 8.26. The maximum absolute atomic E-state index is 14.6. The van der Waals surface area contributed by atoms with Crippen LogP contribution in [-0.4, -0.2) is 19.2 Å². The zero-order chi connectivity index (χ0) is 29.3. The Bertz CT molecular complexity index is 1020. The lowest BCUT2D eigenvalue weighted by molar-refractivity contribution is 0.0728. The summed E-state index contributed by atoms with van der Waals surface area (Å²) in [6, 6.07) is 9.12. The number of hydrogen-bond acceptors (Lipinski definition) is 4. The standard InChI is InChI=1S/C35H50F2O4/c1-3-5-7-8-9-11-25-40-32-24-23-31(33(36)34(32)37)35(38)41-30-21-19-29(20-22-30)39-26-12-14-28-17-15-27(16-18-28)13-10-6-4-2/h19-24,27-28H,3-18,25-26H2,1-2H3/t27-,28-. The highest BCUT2D eigenvalue weighted by Gasteiger charge is 2.22. The number of benzene rings is 2. The van der Waals surface area contributed by atoms with Crippen LogP contribution in [0.5, 0.6) is 17.2 Å². The van der Waals surface area contributed by atoms with Crippen molar-refractivity contribution in [2.24, 2.45) is 11.8 Å². The van der Waals surface area contributed by atoms with Crippen molar-refractivity contribution in [1.82, 2.24) is 0 Å². The second kappa shape index (κ2) is 18.7. The van der Waals surface area contributed by atoms with Gasteiger partial charge in [-0.1, -0.05) is 97.3 Å². The Labute approximate surface area is 246 Å². The Morgan fingerprint density at radius 3 is 1.90 bits per heavy atom. The monoisotopic (exact) mass is 572 g/mol. The SMILES string of the molecule is CCCCCCCCOc1ccc(C(=O)Oc2ccc(OCCC[C@H]3CC[C@H](CCCCC)CC3)cc2)c(F)c1F. The molecule has 0 saturated heterocycles. The van der Waals surface area contributed by atoms with Crippen molar-refractivity contribution >= 4 is 5.97 Å². The molecule has 0 atom stereocenters. The third kappa shape index (κ3) is 11.6. The van der Waals surface area contributed by atoms with Crippen LogP contribution in [0.2, 0.25) is 0 Å². The van der Waals surface area contributed by atoms with Gasteiger partial charge in [-0.2, -0.15) is 4.39 Å². The average Bonchev–Trinajstić information content (AvgIpc) is 2.98. The van der Waals surface area contributed by atoms with E-state index in [4.69, 9.17) is 14.2 Å². The summed E-state index contributed by atoms with van der Waals surface area (Å²) >= 11 is 0. The number of rotatable bonds is 19. The van der Waals surface area contributed by atoms with E-state index in [1.165, 1.54) is 89.2 Å². The number of unbranched alkanes of at least 4 members (excludes halogenated alkanes) is 7. The molecule has 0 radical (unpaired) electrons. The Morgan fingerprint density at radius 1 is 0.659 bits per heavy atom. The Balaban J connectivity index is 1.35. The maximum atomic E-state index is 14.6. The van der Waals surface area contributed by atoms with Crippen LogP contribution < -0.4 is 14.2 Å². The number of hydrogen-bond donors (Lipinski definition) is 0. The van der Waals surface area contributed by atoms with E-state index in [2.05, 4.69) is 13.8 Å². The van der Waals surface area contributed by atoms with Gasteiger partial charge in [0.15, 0.2) is 11.6 Å². The molecule has 6 heteroatoms. The molecule has 0 spiro atoms. The lowest BCUT2D eigenvalue weighted by Gasteiger charge is -2.28. The molecule has 1 aliphatic rings. The summed E-state index contributed by atoms with van der Waals surface area (Å²) in [5.74, 6) is -0.912. The first-order chi connectivity index (χ1) is 20.0.